The Hall–Kier alpha value is -3.28. The first kappa shape index (κ1) is 21.4. The van der Waals surface area contributed by atoms with Crippen LogP contribution in [0.4, 0.5) is 24.7 Å². The predicted molar refractivity (Wildman–Crippen MR) is 103 cm³/mol. The van der Waals surface area contributed by atoms with Crippen LogP contribution in [0.25, 0.3) is 10.9 Å². The fourth-order valence-electron chi connectivity index (χ4n) is 2.90. The van der Waals surface area contributed by atoms with Crippen LogP contribution < -0.4 is 5.32 Å². The molecule has 1 aromatic heterocycles. The minimum Gasteiger partial charge on any atom is -0.363 e. The number of anilines is 1. The van der Waals surface area contributed by atoms with Crippen LogP contribution in [0.2, 0.25) is 0 Å². The zero-order valence-electron chi connectivity index (χ0n) is 15.4. The van der Waals surface area contributed by atoms with Crippen molar-refractivity contribution in [1.29, 1.82) is 0 Å². The lowest BCUT2D eigenvalue weighted by Gasteiger charge is -2.16. The maximum Gasteiger partial charge on any atom is 0.403 e. The first-order valence-electron chi connectivity index (χ1n) is 8.52. The van der Waals surface area contributed by atoms with Crippen LogP contribution in [0.3, 0.4) is 0 Å². The van der Waals surface area contributed by atoms with E-state index in [2.05, 4.69) is 15.3 Å². The number of fused-ring (bicyclic) bond motifs is 1. The van der Waals surface area contributed by atoms with Gasteiger partial charge in [0.25, 0.3) is 5.69 Å². The quantitative estimate of drug-likeness (QED) is 0.454. The highest BCUT2D eigenvalue weighted by atomic mass is 32.2. The molecule has 30 heavy (non-hydrogen) atoms. The number of halogens is 3. The lowest BCUT2D eigenvalue weighted by molar-refractivity contribution is -0.387. The van der Waals surface area contributed by atoms with Gasteiger partial charge in [0.15, 0.2) is 15.6 Å². The standard InChI is InChI=1S/C18H15F3N4O4S/c1-11(12-5-3-2-4-6-12)24-17-13-7-15(25(26)27)16(8-14(13)22-10-23-17)30(28,29)9-18(19,20)21/h2-8,10-11H,9H2,1H3,(H,22,23,24). The minimum atomic E-state index is -5.05. The highest BCUT2D eigenvalue weighted by molar-refractivity contribution is 7.91. The molecule has 0 radical (unpaired) electrons. The zero-order valence-corrected chi connectivity index (χ0v) is 16.2. The summed E-state index contributed by atoms with van der Waals surface area (Å²) < 4.78 is 62.4. The van der Waals surface area contributed by atoms with Crippen molar-refractivity contribution >= 4 is 32.2 Å². The monoisotopic (exact) mass is 440 g/mol. The number of nitro groups is 1. The summed E-state index contributed by atoms with van der Waals surface area (Å²) in [6.07, 6.45) is -3.96. The smallest absolute Gasteiger partial charge is 0.363 e. The number of hydrogen-bond donors (Lipinski definition) is 1. The van der Waals surface area contributed by atoms with Crippen LogP contribution in [0.1, 0.15) is 18.5 Å². The summed E-state index contributed by atoms with van der Waals surface area (Å²) in [4.78, 5) is 17.3. The number of nitrogens with zero attached hydrogens (tertiary/aromatic N) is 3. The van der Waals surface area contributed by atoms with Gasteiger partial charge < -0.3 is 5.32 Å². The number of alkyl halides is 3. The Morgan fingerprint density at radius 2 is 1.83 bits per heavy atom. The van der Waals surface area contributed by atoms with Crippen molar-refractivity contribution in [3.63, 3.8) is 0 Å². The summed E-state index contributed by atoms with van der Waals surface area (Å²) in [5.41, 5.74) is -0.126. The Morgan fingerprint density at radius 1 is 1.17 bits per heavy atom. The second-order valence-electron chi connectivity index (χ2n) is 6.47. The average molecular weight is 440 g/mol. The van der Waals surface area contributed by atoms with Gasteiger partial charge in [-0.25, -0.2) is 18.4 Å². The van der Waals surface area contributed by atoms with Crippen LogP contribution in [-0.4, -0.2) is 35.2 Å². The Bertz CT molecular complexity index is 1200. The first-order chi connectivity index (χ1) is 14.0. The SMILES string of the molecule is CC(Nc1ncnc2cc(S(=O)(=O)CC(F)(F)F)c([N+](=O)[O-])cc12)c1ccccc1. The lowest BCUT2D eigenvalue weighted by Crippen LogP contribution is -2.23. The molecule has 0 spiro atoms. The van der Waals surface area contributed by atoms with E-state index in [1.165, 1.54) is 0 Å². The van der Waals surface area contributed by atoms with E-state index in [-0.39, 0.29) is 22.8 Å². The Labute approximate surface area is 168 Å². The Balaban J connectivity index is 2.12. The fourth-order valence-corrected chi connectivity index (χ4v) is 4.23. The second kappa shape index (κ2) is 7.86. The van der Waals surface area contributed by atoms with Crippen molar-refractivity contribution in [1.82, 2.24) is 9.97 Å². The molecule has 1 heterocycles. The average Bonchev–Trinajstić information content (AvgIpc) is 2.66. The third kappa shape index (κ3) is 4.64. The van der Waals surface area contributed by atoms with Gasteiger partial charge in [-0.05, 0) is 18.6 Å². The van der Waals surface area contributed by atoms with Crippen LogP contribution in [0.15, 0.2) is 53.7 Å². The maximum absolute atomic E-state index is 12.7. The molecule has 1 unspecified atom stereocenters. The molecular formula is C18H15F3N4O4S. The summed E-state index contributed by atoms with van der Waals surface area (Å²) in [6, 6.07) is 10.6. The molecule has 12 heteroatoms. The predicted octanol–water partition coefficient (Wildman–Crippen LogP) is 4.05. The van der Waals surface area contributed by atoms with Crippen molar-refractivity contribution in [3.8, 4) is 0 Å². The van der Waals surface area contributed by atoms with Crippen molar-refractivity contribution in [2.45, 2.75) is 24.0 Å². The molecule has 0 aliphatic heterocycles. The highest BCUT2D eigenvalue weighted by Gasteiger charge is 2.39. The number of nitrogens with one attached hydrogen (secondary N) is 1. The Morgan fingerprint density at radius 3 is 2.43 bits per heavy atom. The van der Waals surface area contributed by atoms with Gasteiger partial charge in [0.2, 0.25) is 0 Å². The van der Waals surface area contributed by atoms with E-state index in [0.717, 1.165) is 24.0 Å². The number of nitro benzene ring substituents is 1. The van der Waals surface area contributed by atoms with E-state index in [0.29, 0.717) is 0 Å². The molecule has 8 nitrogen and oxygen atoms in total. The first-order valence-corrected chi connectivity index (χ1v) is 10.2. The molecule has 0 aliphatic carbocycles. The number of sulfone groups is 1. The maximum atomic E-state index is 12.7. The van der Waals surface area contributed by atoms with E-state index >= 15 is 0 Å². The summed E-state index contributed by atoms with van der Waals surface area (Å²) in [5, 5.41) is 14.6. The number of hydrogen-bond acceptors (Lipinski definition) is 7. The van der Waals surface area contributed by atoms with Gasteiger partial charge in [-0.3, -0.25) is 10.1 Å². The molecule has 3 rings (SSSR count). The second-order valence-corrected chi connectivity index (χ2v) is 8.43. The largest absolute Gasteiger partial charge is 0.403 e. The van der Waals surface area contributed by atoms with Crippen LogP contribution in [0, 0.1) is 10.1 Å². The van der Waals surface area contributed by atoms with E-state index < -0.39 is 37.3 Å². The van der Waals surface area contributed by atoms with Crippen molar-refractivity contribution < 1.29 is 26.5 Å². The number of benzene rings is 2. The third-order valence-corrected chi connectivity index (χ3v) is 5.96. The van der Waals surface area contributed by atoms with Gasteiger partial charge in [-0.1, -0.05) is 30.3 Å². The van der Waals surface area contributed by atoms with Crippen LogP contribution >= 0.6 is 0 Å². The summed E-state index contributed by atoms with van der Waals surface area (Å²) in [5.74, 6) is -2.03. The molecule has 0 saturated heterocycles. The van der Waals surface area contributed by atoms with Gasteiger partial charge >= 0.3 is 6.18 Å². The molecule has 0 saturated carbocycles. The molecule has 0 amide bonds. The topological polar surface area (TPSA) is 115 Å². The zero-order chi connectivity index (χ0) is 22.1. The van der Waals surface area contributed by atoms with Gasteiger partial charge in [0, 0.05) is 17.5 Å². The number of rotatable bonds is 6. The molecule has 2 aromatic carbocycles. The Kier molecular flexibility index (Phi) is 5.61. The molecule has 1 atom stereocenters. The van der Waals surface area contributed by atoms with E-state index in [9.17, 15) is 31.7 Å². The molecule has 3 aromatic rings. The van der Waals surface area contributed by atoms with Gasteiger partial charge in [0.1, 0.15) is 17.0 Å². The van der Waals surface area contributed by atoms with Crippen LogP contribution in [0.5, 0.6) is 0 Å². The van der Waals surface area contributed by atoms with E-state index in [1.54, 1.807) is 0 Å². The highest BCUT2D eigenvalue weighted by Crippen LogP contribution is 2.34. The van der Waals surface area contributed by atoms with Crippen molar-refractivity contribution in [3.05, 3.63) is 64.5 Å². The van der Waals surface area contributed by atoms with Crippen molar-refractivity contribution in [2.24, 2.45) is 0 Å². The summed E-state index contributed by atoms with van der Waals surface area (Å²) >= 11 is 0. The molecule has 0 bridgehead atoms. The van der Waals surface area contributed by atoms with Gasteiger partial charge in [-0.15, -0.1) is 0 Å². The fraction of sp³-hybridized carbons (Fsp3) is 0.222. The normalized spacial score (nSPS) is 13.2. The molecule has 0 fully saturated rings. The molecule has 158 valence electrons. The van der Waals surface area contributed by atoms with Crippen LogP contribution in [-0.2, 0) is 9.84 Å². The van der Waals surface area contributed by atoms with E-state index in [4.69, 9.17) is 0 Å². The van der Waals surface area contributed by atoms with Crippen molar-refractivity contribution in [2.75, 3.05) is 11.1 Å². The molecule has 0 aliphatic rings. The number of aromatic nitrogens is 2. The van der Waals surface area contributed by atoms with Gasteiger partial charge in [0.05, 0.1) is 10.4 Å². The molecule has 1 N–H and O–H groups in total. The van der Waals surface area contributed by atoms with E-state index in [1.807, 2.05) is 37.3 Å². The summed E-state index contributed by atoms with van der Waals surface area (Å²) in [6.45, 7) is 1.82. The van der Waals surface area contributed by atoms with Gasteiger partial charge in [-0.2, -0.15) is 13.2 Å². The molecular weight excluding hydrogens is 425 g/mol. The summed E-state index contributed by atoms with van der Waals surface area (Å²) in [7, 11) is -5.01. The minimum absolute atomic E-state index is 0.0425. The third-order valence-electron chi connectivity index (χ3n) is 4.25. The lowest BCUT2D eigenvalue weighted by atomic mass is 10.1.